The Kier molecular flexibility index (Phi) is 20.2. The fourth-order valence-corrected chi connectivity index (χ4v) is 5.08. The van der Waals surface area contributed by atoms with Crippen molar-refractivity contribution < 1.29 is 112 Å². The van der Waals surface area contributed by atoms with Crippen LogP contribution in [0.25, 0.3) is 0 Å². The van der Waals surface area contributed by atoms with Crippen molar-refractivity contribution in [3.8, 4) is 0 Å². The van der Waals surface area contributed by atoms with Crippen molar-refractivity contribution in [2.75, 3.05) is 13.7 Å². The lowest BCUT2D eigenvalue weighted by atomic mass is 9.81. The molecular formula is C21H45N7O24S3. The molecule has 0 unspecified atom stereocenters. The summed E-state index contributed by atoms with van der Waals surface area (Å²) in [6.45, 7) is 0.620. The van der Waals surface area contributed by atoms with Gasteiger partial charge in [-0.2, -0.15) is 25.3 Å². The first kappa shape index (κ1) is 52.3. The second-order valence-corrected chi connectivity index (χ2v) is 13.9. The molecule has 22 N–H and O–H groups in total. The van der Waals surface area contributed by atoms with Crippen LogP contribution in [0.1, 0.15) is 6.92 Å². The van der Waals surface area contributed by atoms with Crippen molar-refractivity contribution in [2.45, 2.75) is 98.2 Å². The Labute approximate surface area is 311 Å². The van der Waals surface area contributed by atoms with Gasteiger partial charge in [0.25, 0.3) is 0 Å². The standard InChI is InChI=1S/C21H39N7O12.3H2O4S/c1-5-21(36,4-30)16(40-17-9(26-2)13(34)10(31)6(3-29)38-17)18(37-5)39-15-8(28-20(24)25)11(32)7(27-19(22)23)12(33)14(15)35;3*1-5(2,3)4/h4-18,26,29,31-36H,3H2,1-2H3,(H4,22,23,27)(H4,24,25,28);3*(H2,1,2,3,4)/t5-,6-,7-,8+,9-,10-,11-,12+,13-,14-,15-,16-,17-,18-,21+;;;/m0.../s1. The molecule has 0 radical (unpaired) electrons. The number of carbonyl (C=O) groups is 1. The van der Waals surface area contributed by atoms with Crippen molar-refractivity contribution in [1.82, 2.24) is 5.32 Å². The normalized spacial score (nSPS) is 37.7. The smallest absolute Gasteiger partial charge is 0.394 e. The topological polar surface area (TPSA) is 560 Å². The highest BCUT2D eigenvalue weighted by atomic mass is 32.3. The third-order valence-electron chi connectivity index (χ3n) is 7.34. The van der Waals surface area contributed by atoms with Crippen molar-refractivity contribution in [1.29, 1.82) is 0 Å². The quantitative estimate of drug-likeness (QED) is 0.0442. The highest BCUT2D eigenvalue weighted by Gasteiger charge is 2.60. The zero-order valence-electron chi connectivity index (χ0n) is 28.1. The zero-order chi connectivity index (χ0) is 43.6. The van der Waals surface area contributed by atoms with E-state index in [4.69, 9.17) is 94.5 Å². The summed E-state index contributed by atoms with van der Waals surface area (Å²) in [7, 11) is -12.6. The van der Waals surface area contributed by atoms with E-state index in [9.17, 15) is 40.5 Å². The van der Waals surface area contributed by atoms with Crippen molar-refractivity contribution in [3.63, 3.8) is 0 Å². The summed E-state index contributed by atoms with van der Waals surface area (Å²) in [6.07, 6.45) is -17.3. The molecule has 31 nitrogen and oxygen atoms in total. The van der Waals surface area contributed by atoms with Gasteiger partial charge in [-0.25, -0.2) is 9.98 Å². The summed E-state index contributed by atoms with van der Waals surface area (Å²) in [5.41, 5.74) is 19.4. The van der Waals surface area contributed by atoms with Gasteiger partial charge in [0.05, 0.1) is 18.8 Å². The van der Waals surface area contributed by atoms with Crippen LogP contribution >= 0.6 is 0 Å². The molecule has 1 aliphatic carbocycles. The number of aldehydes is 1. The first-order chi connectivity index (χ1) is 24.7. The Morgan fingerprint density at radius 1 is 0.727 bits per heavy atom. The molecule has 2 aliphatic heterocycles. The number of likely N-dealkylation sites (N-methyl/N-ethyl adjacent to an activating group) is 1. The lowest BCUT2D eigenvalue weighted by molar-refractivity contribution is -0.314. The number of hydrogen-bond donors (Lipinski definition) is 18. The van der Waals surface area contributed by atoms with Crippen LogP contribution in [-0.2, 0) is 54.9 Å². The van der Waals surface area contributed by atoms with Crippen molar-refractivity contribution in [2.24, 2.45) is 32.9 Å². The molecule has 326 valence electrons. The molecule has 34 heteroatoms. The molecule has 0 aromatic heterocycles. The number of nitrogens with two attached hydrogens (primary N) is 4. The number of aliphatic imine (C=N–C) groups is 2. The van der Waals surface area contributed by atoms with E-state index in [2.05, 4.69) is 15.3 Å². The van der Waals surface area contributed by atoms with Gasteiger partial charge in [-0.3, -0.25) is 32.1 Å². The van der Waals surface area contributed by atoms with Gasteiger partial charge in [0, 0.05) is 0 Å². The molecule has 0 aromatic carbocycles. The predicted octanol–water partition coefficient (Wildman–Crippen LogP) is -10.1. The van der Waals surface area contributed by atoms with Gasteiger partial charge < -0.3 is 82.9 Å². The van der Waals surface area contributed by atoms with E-state index >= 15 is 0 Å². The van der Waals surface area contributed by atoms with Crippen LogP contribution in [0.15, 0.2) is 9.98 Å². The van der Waals surface area contributed by atoms with E-state index in [0.717, 1.165) is 0 Å². The molecule has 0 bridgehead atoms. The molecule has 15 atom stereocenters. The minimum absolute atomic E-state index is 0.140. The van der Waals surface area contributed by atoms with E-state index in [0.29, 0.717) is 0 Å². The molecule has 0 aromatic rings. The van der Waals surface area contributed by atoms with Crippen LogP contribution in [0, 0.1) is 0 Å². The number of rotatable bonds is 9. The molecule has 1 saturated carbocycles. The first-order valence-electron chi connectivity index (χ1n) is 14.5. The highest BCUT2D eigenvalue weighted by Crippen LogP contribution is 2.38. The van der Waals surface area contributed by atoms with Gasteiger partial charge in [0.15, 0.2) is 36.4 Å². The fraction of sp³-hybridized carbons (Fsp3) is 0.857. The lowest BCUT2D eigenvalue weighted by Gasteiger charge is -2.45. The lowest BCUT2D eigenvalue weighted by Crippen LogP contribution is -2.66. The zero-order valence-corrected chi connectivity index (χ0v) is 30.5. The van der Waals surface area contributed by atoms with E-state index in [1.165, 1.54) is 14.0 Å². The maximum Gasteiger partial charge on any atom is 0.394 e. The van der Waals surface area contributed by atoms with Crippen LogP contribution in [0.2, 0.25) is 0 Å². The number of nitrogens with one attached hydrogen (secondary N) is 1. The number of aliphatic hydroxyl groups excluding tert-OH is 6. The summed E-state index contributed by atoms with van der Waals surface area (Å²) < 4.78 is 118. The van der Waals surface area contributed by atoms with Crippen LogP contribution in [0.5, 0.6) is 0 Å². The number of ether oxygens (including phenoxy) is 4. The molecule has 3 rings (SSSR count). The molecule has 3 aliphatic rings. The Balaban J connectivity index is 0.00000164. The van der Waals surface area contributed by atoms with E-state index in [-0.39, 0.29) is 6.29 Å². The summed E-state index contributed by atoms with van der Waals surface area (Å²) in [4.78, 5) is 19.7. The molecule has 3 fully saturated rings. The van der Waals surface area contributed by atoms with Crippen LogP contribution in [0.3, 0.4) is 0 Å². The third kappa shape index (κ3) is 17.6. The number of guanidine groups is 2. The number of hydrogen-bond acceptors (Lipinski definition) is 21. The maximum absolute atomic E-state index is 12.1. The minimum Gasteiger partial charge on any atom is -0.394 e. The molecular weight excluding hydrogens is 830 g/mol. The van der Waals surface area contributed by atoms with Gasteiger partial charge in [-0.1, -0.05) is 0 Å². The van der Waals surface area contributed by atoms with Crippen molar-refractivity contribution >= 4 is 49.4 Å². The van der Waals surface area contributed by atoms with Gasteiger partial charge in [-0.15, -0.1) is 0 Å². The molecule has 2 heterocycles. The van der Waals surface area contributed by atoms with Crippen LogP contribution < -0.4 is 28.3 Å². The largest absolute Gasteiger partial charge is 0.394 e. The Morgan fingerprint density at radius 2 is 1.16 bits per heavy atom. The summed E-state index contributed by atoms with van der Waals surface area (Å²) in [5.74, 6) is -1.03. The predicted molar refractivity (Wildman–Crippen MR) is 175 cm³/mol. The summed E-state index contributed by atoms with van der Waals surface area (Å²) in [6, 6.07) is -4.08. The highest BCUT2D eigenvalue weighted by molar-refractivity contribution is 7.80. The second-order valence-electron chi connectivity index (χ2n) is 11.2. The van der Waals surface area contributed by atoms with E-state index in [1.807, 2.05) is 0 Å². The van der Waals surface area contributed by atoms with Gasteiger partial charge >= 0.3 is 31.2 Å². The number of aliphatic hydroxyl groups is 7. The monoisotopic (exact) mass is 875 g/mol. The maximum atomic E-state index is 12.1. The Bertz CT molecular complexity index is 1520. The minimum atomic E-state index is -4.67. The Hall–Kier alpha value is -2.66. The van der Waals surface area contributed by atoms with Gasteiger partial charge in [-0.05, 0) is 14.0 Å². The average molecular weight is 876 g/mol. The SMILES string of the molecule is CN[C@@H]1[C@H](O[C@H]2[C@H](O[C@@H]3[C@@H](O)[C@H](O)[C@@H](N=C(N)N)[C@H](O)[C@H]3N=C(N)N)O[C@@H](C)[C@]2(O)C=O)O[C@@H](CO)[C@H](O)[C@H]1O.O=S(=O)(O)O.O=S(=O)(O)O.O=S(=O)(O)O. The average Bonchev–Trinajstić information content (AvgIpc) is 3.23. The van der Waals surface area contributed by atoms with Crippen molar-refractivity contribution in [3.05, 3.63) is 0 Å². The summed E-state index contributed by atoms with van der Waals surface area (Å²) >= 11 is 0. The third-order valence-corrected chi connectivity index (χ3v) is 7.34. The van der Waals surface area contributed by atoms with Gasteiger partial charge in [0.2, 0.25) is 0 Å². The first-order valence-corrected chi connectivity index (χ1v) is 18.7. The van der Waals surface area contributed by atoms with Crippen LogP contribution in [0.4, 0.5) is 0 Å². The second kappa shape index (κ2) is 21.2. The Morgan fingerprint density at radius 3 is 1.55 bits per heavy atom. The molecule has 0 spiro atoms. The van der Waals surface area contributed by atoms with E-state index < -0.39 is 141 Å². The number of nitrogens with zero attached hydrogens (tertiary/aromatic N) is 2. The molecule has 0 amide bonds. The fourth-order valence-electron chi connectivity index (χ4n) is 5.08. The van der Waals surface area contributed by atoms with Gasteiger partial charge in [0.1, 0.15) is 60.9 Å². The molecule has 2 saturated heterocycles. The number of carbonyl (C=O) groups excluding carboxylic acids is 1. The molecule has 55 heavy (non-hydrogen) atoms. The van der Waals surface area contributed by atoms with Crippen LogP contribution in [-0.4, -0.2) is 211 Å². The van der Waals surface area contributed by atoms with E-state index in [1.54, 1.807) is 0 Å². The summed E-state index contributed by atoms with van der Waals surface area (Å²) in [5, 5.41) is 76.6.